The summed E-state index contributed by atoms with van der Waals surface area (Å²) in [5.74, 6) is -0.463. The Bertz CT molecular complexity index is 1240. The fourth-order valence-electron chi connectivity index (χ4n) is 4.74. The summed E-state index contributed by atoms with van der Waals surface area (Å²) in [6, 6.07) is 7.51. The number of hydrogen-bond donors (Lipinski definition) is 0. The van der Waals surface area contributed by atoms with Crippen LogP contribution < -0.4 is 4.90 Å². The molecule has 3 aromatic rings. The highest BCUT2D eigenvalue weighted by molar-refractivity contribution is 7.91. The molecule has 2 aromatic heterocycles. The number of thiophene rings is 1. The summed E-state index contributed by atoms with van der Waals surface area (Å²) in [6.45, 7) is 5.89. The van der Waals surface area contributed by atoms with E-state index in [9.17, 15) is 13.2 Å². The van der Waals surface area contributed by atoms with Crippen molar-refractivity contribution < 1.29 is 17.9 Å². The van der Waals surface area contributed by atoms with Gasteiger partial charge in [-0.05, 0) is 62.1 Å². The average molecular weight is 520 g/mol. The van der Waals surface area contributed by atoms with Gasteiger partial charge in [0.25, 0.3) is 10.0 Å². The van der Waals surface area contributed by atoms with Gasteiger partial charge < -0.3 is 4.74 Å². The Kier molecular flexibility index (Phi) is 6.78. The Balaban J connectivity index is 1.45. The van der Waals surface area contributed by atoms with Crippen molar-refractivity contribution in [1.82, 2.24) is 9.29 Å². The molecule has 2 atom stereocenters. The minimum atomic E-state index is -3.59. The third kappa shape index (κ3) is 4.54. The highest BCUT2D eigenvalue weighted by atomic mass is 32.2. The van der Waals surface area contributed by atoms with Crippen LogP contribution in [0.2, 0.25) is 0 Å². The molecule has 7 nitrogen and oxygen atoms in total. The van der Waals surface area contributed by atoms with Gasteiger partial charge >= 0.3 is 0 Å². The number of sulfonamides is 1. The fraction of sp³-hybridized carbons (Fsp3) is 0.500. The number of carbonyl (C=O) groups is 1. The molecule has 0 N–H and O–H groups in total. The maximum atomic E-state index is 13.9. The first kappa shape index (κ1) is 23.9. The van der Waals surface area contributed by atoms with E-state index in [1.54, 1.807) is 22.4 Å². The number of rotatable bonds is 6. The van der Waals surface area contributed by atoms with Crippen molar-refractivity contribution >= 4 is 54.0 Å². The molecule has 5 rings (SSSR count). The molecule has 2 aliphatic rings. The first-order valence-corrected chi connectivity index (χ1v) is 14.8. The predicted octanol–water partition coefficient (Wildman–Crippen LogP) is 4.59. The number of piperidine rings is 1. The van der Waals surface area contributed by atoms with Crippen molar-refractivity contribution in [1.29, 1.82) is 0 Å². The smallest absolute Gasteiger partial charge is 0.252 e. The molecule has 0 bridgehead atoms. The van der Waals surface area contributed by atoms with Gasteiger partial charge in [-0.2, -0.15) is 4.31 Å². The number of hydrogen-bond acceptors (Lipinski definition) is 7. The number of aromatic nitrogens is 1. The number of thiazole rings is 1. The fourth-order valence-corrected chi connectivity index (χ4v) is 8.53. The third-order valence-electron chi connectivity index (χ3n) is 6.66. The summed E-state index contributed by atoms with van der Waals surface area (Å²) >= 11 is 2.75. The largest absolute Gasteiger partial charge is 0.376 e. The van der Waals surface area contributed by atoms with Gasteiger partial charge in [0, 0.05) is 19.7 Å². The Labute approximate surface area is 208 Å². The molecule has 0 saturated carbocycles. The van der Waals surface area contributed by atoms with Crippen LogP contribution in [0.3, 0.4) is 0 Å². The summed E-state index contributed by atoms with van der Waals surface area (Å²) in [5.41, 5.74) is 3.15. The summed E-state index contributed by atoms with van der Waals surface area (Å²) in [4.78, 5) is 20.6. The van der Waals surface area contributed by atoms with E-state index in [0.717, 1.165) is 34.2 Å². The van der Waals surface area contributed by atoms with Crippen molar-refractivity contribution in [2.75, 3.05) is 31.1 Å². The summed E-state index contributed by atoms with van der Waals surface area (Å²) in [7, 11) is -3.59. The second kappa shape index (κ2) is 9.66. The van der Waals surface area contributed by atoms with E-state index in [4.69, 9.17) is 9.72 Å². The second-order valence-corrected chi connectivity index (χ2v) is 13.2. The molecule has 0 spiro atoms. The van der Waals surface area contributed by atoms with Gasteiger partial charge in [-0.15, -0.1) is 11.3 Å². The molecule has 2 saturated heterocycles. The Morgan fingerprint density at radius 3 is 2.74 bits per heavy atom. The van der Waals surface area contributed by atoms with Crippen LogP contribution in [0.1, 0.15) is 36.8 Å². The molecule has 2 fully saturated rings. The van der Waals surface area contributed by atoms with Crippen molar-refractivity contribution in [3.05, 3.63) is 40.8 Å². The first-order valence-electron chi connectivity index (χ1n) is 11.7. The van der Waals surface area contributed by atoms with Crippen LogP contribution in [0.25, 0.3) is 10.2 Å². The molecular weight excluding hydrogens is 490 g/mol. The lowest BCUT2D eigenvalue weighted by Gasteiger charge is -2.34. The number of nitrogens with zero attached hydrogens (tertiary/aromatic N) is 3. The highest BCUT2D eigenvalue weighted by Gasteiger charge is 2.37. The molecule has 4 heterocycles. The molecular formula is C24H29N3O4S3. The third-order valence-corrected chi connectivity index (χ3v) is 11.1. The van der Waals surface area contributed by atoms with Crippen LogP contribution in [0, 0.1) is 19.8 Å². The van der Waals surface area contributed by atoms with Gasteiger partial charge in [-0.25, -0.2) is 13.4 Å². The first-order chi connectivity index (χ1) is 16.3. The molecule has 1 amide bonds. The topological polar surface area (TPSA) is 79.8 Å². The van der Waals surface area contributed by atoms with Gasteiger partial charge in [-0.3, -0.25) is 9.69 Å². The number of ether oxygens (including phenoxy) is 1. The number of amides is 1. The molecule has 182 valence electrons. The zero-order valence-electron chi connectivity index (χ0n) is 19.4. The molecule has 0 aliphatic carbocycles. The van der Waals surface area contributed by atoms with Crippen LogP contribution in [0.15, 0.2) is 33.9 Å². The quantitative estimate of drug-likeness (QED) is 0.476. The van der Waals surface area contributed by atoms with Crippen LogP contribution in [0.4, 0.5) is 5.13 Å². The lowest BCUT2D eigenvalue weighted by Crippen LogP contribution is -2.48. The number of anilines is 1. The molecule has 1 aromatic carbocycles. The van der Waals surface area contributed by atoms with Crippen LogP contribution in [-0.4, -0.2) is 56.0 Å². The van der Waals surface area contributed by atoms with E-state index in [1.807, 2.05) is 6.92 Å². The standard InChI is InChI=1S/C24H29N3O4S3/c1-16-9-10-17(2)22-21(16)25-24(33-22)27(15-19-7-4-12-31-19)23(28)18-6-3-11-26(14-18)34(29,30)20-8-5-13-32-20/h5,8-10,13,18-19H,3-4,6-7,11-12,14-15H2,1-2H3. The maximum Gasteiger partial charge on any atom is 0.252 e. The van der Waals surface area contributed by atoms with Gasteiger partial charge in [0.2, 0.25) is 5.91 Å². The monoisotopic (exact) mass is 519 g/mol. The number of aryl methyl sites for hydroxylation is 2. The van der Waals surface area contributed by atoms with Crippen LogP contribution in [0.5, 0.6) is 0 Å². The van der Waals surface area contributed by atoms with Crippen molar-refractivity contribution in [3.8, 4) is 0 Å². The molecule has 2 aliphatic heterocycles. The summed E-state index contributed by atoms with van der Waals surface area (Å²) in [5, 5.41) is 2.44. The van der Waals surface area contributed by atoms with Crippen LogP contribution >= 0.6 is 22.7 Å². The van der Waals surface area contributed by atoms with Crippen molar-refractivity contribution in [3.63, 3.8) is 0 Å². The van der Waals surface area contributed by atoms with Gasteiger partial charge in [-0.1, -0.05) is 29.5 Å². The van der Waals surface area contributed by atoms with Gasteiger partial charge in [0.1, 0.15) is 4.21 Å². The lowest BCUT2D eigenvalue weighted by atomic mass is 9.98. The summed E-state index contributed by atoms with van der Waals surface area (Å²) in [6.07, 6.45) is 3.21. The van der Waals surface area contributed by atoms with E-state index in [1.165, 1.54) is 27.0 Å². The Morgan fingerprint density at radius 2 is 2.03 bits per heavy atom. The van der Waals surface area contributed by atoms with Crippen molar-refractivity contribution in [2.45, 2.75) is 49.8 Å². The Morgan fingerprint density at radius 1 is 1.21 bits per heavy atom. The zero-order chi connectivity index (χ0) is 23.9. The minimum absolute atomic E-state index is 0.0206. The Hall–Kier alpha value is -1.85. The van der Waals surface area contributed by atoms with Gasteiger partial charge in [0.15, 0.2) is 5.13 Å². The zero-order valence-corrected chi connectivity index (χ0v) is 21.8. The van der Waals surface area contributed by atoms with E-state index >= 15 is 0 Å². The number of fused-ring (bicyclic) bond motifs is 1. The minimum Gasteiger partial charge on any atom is -0.376 e. The van der Waals surface area contributed by atoms with E-state index in [-0.39, 0.29) is 18.6 Å². The lowest BCUT2D eigenvalue weighted by molar-refractivity contribution is -0.123. The molecule has 0 radical (unpaired) electrons. The average Bonchev–Trinajstić information content (AvgIpc) is 3.61. The maximum absolute atomic E-state index is 13.9. The highest BCUT2D eigenvalue weighted by Crippen LogP contribution is 2.35. The van der Waals surface area contributed by atoms with Gasteiger partial charge in [0.05, 0.1) is 28.8 Å². The number of carbonyl (C=O) groups excluding carboxylic acids is 1. The van der Waals surface area contributed by atoms with E-state index < -0.39 is 15.9 Å². The molecule has 10 heteroatoms. The summed E-state index contributed by atoms with van der Waals surface area (Å²) < 4.78 is 35.0. The normalized spacial score (nSPS) is 21.8. The van der Waals surface area contributed by atoms with Crippen LogP contribution in [-0.2, 0) is 19.6 Å². The second-order valence-electron chi connectivity index (χ2n) is 9.09. The SMILES string of the molecule is Cc1ccc(C)c2sc(N(CC3CCCO3)C(=O)C3CCCN(S(=O)(=O)c4cccs4)C3)nc12. The predicted molar refractivity (Wildman–Crippen MR) is 136 cm³/mol. The molecule has 2 unspecified atom stereocenters. The number of benzene rings is 1. The van der Waals surface area contributed by atoms with E-state index in [2.05, 4.69) is 19.1 Å². The van der Waals surface area contributed by atoms with Crippen molar-refractivity contribution in [2.24, 2.45) is 5.92 Å². The van der Waals surface area contributed by atoms with E-state index in [0.29, 0.717) is 41.9 Å². The molecule has 34 heavy (non-hydrogen) atoms.